The molecule has 1 saturated heterocycles. The molecule has 0 radical (unpaired) electrons. The first kappa shape index (κ1) is 14.3. The summed E-state index contributed by atoms with van der Waals surface area (Å²) in [5, 5.41) is 5.80. The van der Waals surface area contributed by atoms with Gasteiger partial charge >= 0.3 is 0 Å². The lowest BCUT2D eigenvalue weighted by Crippen LogP contribution is -2.58. The average Bonchev–Trinajstić information content (AvgIpc) is 2.45. The first-order valence-electron chi connectivity index (χ1n) is 6.50. The number of hydrogen-bond acceptors (Lipinski definition) is 5. The van der Waals surface area contributed by atoms with Crippen molar-refractivity contribution in [2.75, 3.05) is 31.6 Å². The Morgan fingerprint density at radius 3 is 2.95 bits per heavy atom. The van der Waals surface area contributed by atoms with Gasteiger partial charge in [0.25, 0.3) is 5.91 Å². The van der Waals surface area contributed by atoms with Crippen LogP contribution in [0.15, 0.2) is 12.3 Å². The molecule has 1 aliphatic heterocycles. The third-order valence-corrected chi connectivity index (χ3v) is 3.45. The van der Waals surface area contributed by atoms with E-state index < -0.39 is 11.9 Å². The second kappa shape index (κ2) is 5.87. The smallest absolute Gasteiger partial charge is 0.252 e. The van der Waals surface area contributed by atoms with Crippen molar-refractivity contribution in [1.82, 2.24) is 15.6 Å². The molecule has 1 aromatic rings. The van der Waals surface area contributed by atoms with Crippen molar-refractivity contribution in [3.05, 3.63) is 23.4 Å². The number of nitrogens with two attached hydrogens (primary N) is 1. The fourth-order valence-corrected chi connectivity index (χ4v) is 2.42. The van der Waals surface area contributed by atoms with Gasteiger partial charge in [0.05, 0.1) is 5.56 Å². The second-order valence-corrected chi connectivity index (χ2v) is 4.72. The number of nitrogens with one attached hydrogen (secondary N) is 2. The van der Waals surface area contributed by atoms with Crippen LogP contribution in [0.2, 0.25) is 0 Å². The Morgan fingerprint density at radius 1 is 1.55 bits per heavy atom. The van der Waals surface area contributed by atoms with Gasteiger partial charge in [-0.3, -0.25) is 9.59 Å². The quantitative estimate of drug-likeness (QED) is 0.659. The number of rotatable bonds is 3. The minimum atomic E-state index is -0.528. The maximum atomic E-state index is 12.0. The molecule has 0 saturated carbocycles. The van der Waals surface area contributed by atoms with E-state index in [1.807, 2.05) is 11.8 Å². The molecule has 1 atom stereocenters. The summed E-state index contributed by atoms with van der Waals surface area (Å²) in [5.41, 5.74) is 6.59. The Hall–Kier alpha value is -2.15. The first-order chi connectivity index (χ1) is 9.56. The normalized spacial score (nSPS) is 18.7. The molecule has 2 amide bonds. The Morgan fingerprint density at radius 2 is 2.30 bits per heavy atom. The van der Waals surface area contributed by atoms with Gasteiger partial charge in [0, 0.05) is 32.9 Å². The highest BCUT2D eigenvalue weighted by Crippen LogP contribution is 2.23. The standard InChI is InChI=1S/C13H19N5O2/c1-8-3-4-17-12(10(8)11(14)19)18-6-5-16-7-9(18)13(20)15-2/h3-4,9,16H,5-7H2,1-2H3,(H2,14,19)(H,15,20). The highest BCUT2D eigenvalue weighted by atomic mass is 16.2. The summed E-state index contributed by atoms with van der Waals surface area (Å²) in [6, 6.07) is 1.34. The maximum absolute atomic E-state index is 12.0. The number of amides is 2. The van der Waals surface area contributed by atoms with Gasteiger partial charge in [-0.25, -0.2) is 4.98 Å². The predicted octanol–water partition coefficient (Wildman–Crippen LogP) is -0.987. The van der Waals surface area contributed by atoms with E-state index in [2.05, 4.69) is 15.6 Å². The van der Waals surface area contributed by atoms with Crippen molar-refractivity contribution in [2.24, 2.45) is 5.73 Å². The topological polar surface area (TPSA) is 100 Å². The van der Waals surface area contributed by atoms with Gasteiger partial charge in [-0.2, -0.15) is 0 Å². The first-order valence-corrected chi connectivity index (χ1v) is 6.50. The minimum Gasteiger partial charge on any atom is -0.365 e. The Labute approximate surface area is 117 Å². The number of primary amides is 1. The van der Waals surface area contributed by atoms with Gasteiger partial charge in [0.2, 0.25) is 5.91 Å². The molecular weight excluding hydrogens is 258 g/mol. The number of anilines is 1. The zero-order valence-electron chi connectivity index (χ0n) is 11.6. The molecule has 1 aliphatic rings. The molecule has 1 unspecified atom stereocenters. The van der Waals surface area contributed by atoms with Crippen molar-refractivity contribution in [2.45, 2.75) is 13.0 Å². The minimum absolute atomic E-state index is 0.115. The van der Waals surface area contributed by atoms with E-state index in [-0.39, 0.29) is 5.91 Å². The monoisotopic (exact) mass is 277 g/mol. The number of piperazine rings is 1. The number of aryl methyl sites for hydroxylation is 1. The molecule has 20 heavy (non-hydrogen) atoms. The highest BCUT2D eigenvalue weighted by molar-refractivity contribution is 6.00. The average molecular weight is 277 g/mol. The van der Waals surface area contributed by atoms with Crippen molar-refractivity contribution < 1.29 is 9.59 Å². The van der Waals surface area contributed by atoms with Crippen LogP contribution in [0, 0.1) is 6.92 Å². The van der Waals surface area contributed by atoms with Gasteiger partial charge < -0.3 is 21.3 Å². The largest absolute Gasteiger partial charge is 0.365 e. The van der Waals surface area contributed by atoms with E-state index in [0.717, 1.165) is 12.1 Å². The van der Waals surface area contributed by atoms with Gasteiger partial charge in [-0.1, -0.05) is 0 Å². The van der Waals surface area contributed by atoms with E-state index in [9.17, 15) is 9.59 Å². The second-order valence-electron chi connectivity index (χ2n) is 4.72. The van der Waals surface area contributed by atoms with Crippen LogP contribution in [0.1, 0.15) is 15.9 Å². The number of carbonyl (C=O) groups excluding carboxylic acids is 2. The zero-order chi connectivity index (χ0) is 14.7. The van der Waals surface area contributed by atoms with Gasteiger partial charge in [0.1, 0.15) is 11.9 Å². The van der Waals surface area contributed by atoms with Crippen LogP contribution < -0.4 is 21.3 Å². The van der Waals surface area contributed by atoms with Crippen molar-refractivity contribution in [1.29, 1.82) is 0 Å². The lowest BCUT2D eigenvalue weighted by atomic mass is 10.1. The molecule has 0 aromatic carbocycles. The summed E-state index contributed by atoms with van der Waals surface area (Å²) < 4.78 is 0. The molecule has 7 nitrogen and oxygen atoms in total. The van der Waals surface area contributed by atoms with E-state index in [1.54, 1.807) is 19.3 Å². The molecule has 0 bridgehead atoms. The van der Waals surface area contributed by atoms with E-state index in [0.29, 0.717) is 24.5 Å². The summed E-state index contributed by atoms with van der Waals surface area (Å²) in [7, 11) is 1.59. The molecule has 7 heteroatoms. The van der Waals surface area contributed by atoms with Crippen LogP contribution in [-0.2, 0) is 4.79 Å². The molecule has 0 spiro atoms. The fraction of sp³-hybridized carbons (Fsp3) is 0.462. The molecule has 2 rings (SSSR count). The number of carbonyl (C=O) groups is 2. The summed E-state index contributed by atoms with van der Waals surface area (Å²) in [6.45, 7) is 3.63. The molecule has 1 aromatic heterocycles. The van der Waals surface area contributed by atoms with Gasteiger partial charge in [-0.05, 0) is 18.6 Å². The maximum Gasteiger partial charge on any atom is 0.252 e. The van der Waals surface area contributed by atoms with Crippen LogP contribution in [0.5, 0.6) is 0 Å². The van der Waals surface area contributed by atoms with Crippen molar-refractivity contribution in [3.63, 3.8) is 0 Å². The van der Waals surface area contributed by atoms with E-state index in [4.69, 9.17) is 5.73 Å². The number of likely N-dealkylation sites (N-methyl/N-ethyl adjacent to an activating group) is 1. The summed E-state index contributed by atoms with van der Waals surface area (Å²) >= 11 is 0. The van der Waals surface area contributed by atoms with Gasteiger partial charge in [-0.15, -0.1) is 0 Å². The molecule has 2 heterocycles. The predicted molar refractivity (Wildman–Crippen MR) is 75.6 cm³/mol. The Bertz CT molecular complexity index is 531. The van der Waals surface area contributed by atoms with Crippen LogP contribution in [0.25, 0.3) is 0 Å². The molecule has 1 fully saturated rings. The molecule has 108 valence electrons. The molecule has 4 N–H and O–H groups in total. The lowest BCUT2D eigenvalue weighted by molar-refractivity contribution is -0.122. The van der Waals surface area contributed by atoms with Crippen LogP contribution >= 0.6 is 0 Å². The zero-order valence-corrected chi connectivity index (χ0v) is 11.6. The third kappa shape index (κ3) is 2.57. The Balaban J connectivity index is 2.45. The third-order valence-electron chi connectivity index (χ3n) is 3.45. The van der Waals surface area contributed by atoms with E-state index >= 15 is 0 Å². The van der Waals surface area contributed by atoms with Gasteiger partial charge in [0.15, 0.2) is 0 Å². The fourth-order valence-electron chi connectivity index (χ4n) is 2.42. The number of nitrogens with zero attached hydrogens (tertiary/aromatic N) is 2. The Kier molecular flexibility index (Phi) is 4.19. The highest BCUT2D eigenvalue weighted by Gasteiger charge is 2.31. The lowest BCUT2D eigenvalue weighted by Gasteiger charge is -2.36. The number of hydrogen-bond donors (Lipinski definition) is 3. The number of aromatic nitrogens is 1. The van der Waals surface area contributed by atoms with Crippen molar-refractivity contribution in [3.8, 4) is 0 Å². The van der Waals surface area contributed by atoms with Crippen molar-refractivity contribution >= 4 is 17.6 Å². The summed E-state index contributed by atoms with van der Waals surface area (Å²) in [4.78, 5) is 29.8. The van der Waals surface area contributed by atoms with E-state index in [1.165, 1.54) is 0 Å². The van der Waals surface area contributed by atoms with Crippen LogP contribution in [-0.4, -0.2) is 49.5 Å². The molecular formula is C13H19N5O2. The molecule has 0 aliphatic carbocycles. The van der Waals surface area contributed by atoms with Crippen LogP contribution in [0.4, 0.5) is 5.82 Å². The summed E-state index contributed by atoms with van der Waals surface area (Å²) in [5.74, 6) is -0.164. The summed E-state index contributed by atoms with van der Waals surface area (Å²) in [6.07, 6.45) is 1.63. The SMILES string of the molecule is CNC(=O)C1CNCCN1c1nccc(C)c1C(N)=O. The number of pyridine rings is 1. The van der Waals surface area contributed by atoms with Crippen LogP contribution in [0.3, 0.4) is 0 Å².